The lowest BCUT2D eigenvalue weighted by Gasteiger charge is -1.95. The van der Waals surface area contributed by atoms with Crippen molar-refractivity contribution in [2.24, 2.45) is 0 Å². The largest absolute Gasteiger partial charge is 0.303 e. The molecule has 12 heavy (non-hydrogen) atoms. The molecule has 0 bridgehead atoms. The molecule has 0 unspecified atom stereocenters. The molecular weight excluding hydrogens is 176 g/mol. The predicted molar refractivity (Wildman–Crippen MR) is 51.7 cm³/mol. The minimum atomic E-state index is 0. The molecule has 0 saturated heterocycles. The summed E-state index contributed by atoms with van der Waals surface area (Å²) in [6.07, 6.45) is 5.80. The second kappa shape index (κ2) is 10.6. The van der Waals surface area contributed by atoms with Crippen molar-refractivity contribution in [3.05, 3.63) is 0 Å². The number of ketones is 1. The van der Waals surface area contributed by atoms with Crippen molar-refractivity contribution in [1.82, 2.24) is 0 Å². The first-order chi connectivity index (χ1) is 5.31. The van der Waals surface area contributed by atoms with Crippen LogP contribution in [0.5, 0.6) is 0 Å². The first kappa shape index (κ1) is 14.2. The number of Topliss-reactive ketones (excluding diaryl/α,β-unsaturated/α-hetero) is 1. The minimum absolute atomic E-state index is 0. The van der Waals surface area contributed by atoms with E-state index in [9.17, 15) is 9.59 Å². The average Bonchev–Trinajstić information content (AvgIpc) is 1.99. The summed E-state index contributed by atoms with van der Waals surface area (Å²) in [6, 6.07) is 0. The van der Waals surface area contributed by atoms with Crippen molar-refractivity contribution in [2.75, 3.05) is 0 Å². The van der Waals surface area contributed by atoms with Crippen LogP contribution in [0.3, 0.4) is 0 Å². The van der Waals surface area contributed by atoms with Crippen LogP contribution in [0.25, 0.3) is 0 Å². The molecule has 0 aliphatic carbocycles. The topological polar surface area (TPSA) is 34.1 Å². The lowest BCUT2D eigenvalue weighted by Crippen LogP contribution is -1.97. The Morgan fingerprint density at radius 3 is 2.42 bits per heavy atom. The molecule has 72 valence electrons. The van der Waals surface area contributed by atoms with E-state index in [2.05, 4.69) is 6.92 Å². The summed E-state index contributed by atoms with van der Waals surface area (Å²) in [6.45, 7) is 2.13. The molecule has 0 N–H and O–H groups in total. The second-order valence-corrected chi connectivity index (χ2v) is 2.72. The van der Waals surface area contributed by atoms with Crippen molar-refractivity contribution in [1.29, 1.82) is 0 Å². The van der Waals surface area contributed by atoms with Crippen LogP contribution in [0, 0.1) is 0 Å². The molecule has 0 aromatic carbocycles. The van der Waals surface area contributed by atoms with Gasteiger partial charge in [-0.2, -0.15) is 0 Å². The van der Waals surface area contributed by atoms with Crippen molar-refractivity contribution < 1.29 is 9.59 Å². The van der Waals surface area contributed by atoms with Gasteiger partial charge in [0.2, 0.25) is 0 Å². The van der Waals surface area contributed by atoms with Gasteiger partial charge in [0.15, 0.2) is 0 Å². The molecule has 0 aliphatic rings. The fourth-order valence-corrected chi connectivity index (χ4v) is 0.944. The monoisotopic (exact) mass is 192 g/mol. The van der Waals surface area contributed by atoms with Crippen LogP contribution < -0.4 is 0 Å². The first-order valence-electron chi connectivity index (χ1n) is 4.26. The molecule has 0 aromatic heterocycles. The zero-order valence-electron chi connectivity index (χ0n) is 7.54. The Kier molecular flexibility index (Phi) is 12.6. The van der Waals surface area contributed by atoms with E-state index in [4.69, 9.17) is 0 Å². The Morgan fingerprint density at radius 1 is 1.25 bits per heavy atom. The lowest BCUT2D eigenvalue weighted by atomic mass is 10.1. The summed E-state index contributed by atoms with van der Waals surface area (Å²) in [4.78, 5) is 20.7. The molecule has 0 radical (unpaired) electrons. The number of halogens is 1. The van der Waals surface area contributed by atoms with Gasteiger partial charge in [-0.3, -0.25) is 4.79 Å². The van der Waals surface area contributed by atoms with Gasteiger partial charge in [0, 0.05) is 6.42 Å². The van der Waals surface area contributed by atoms with Crippen molar-refractivity contribution >= 4 is 24.5 Å². The van der Waals surface area contributed by atoms with Gasteiger partial charge in [-0.05, 0) is 6.42 Å². The molecule has 2 nitrogen and oxygen atoms in total. The van der Waals surface area contributed by atoms with Crippen LogP contribution in [-0.2, 0) is 9.59 Å². The molecule has 0 atom stereocenters. The fraction of sp³-hybridized carbons (Fsp3) is 0.778. The quantitative estimate of drug-likeness (QED) is 0.353. The second-order valence-electron chi connectivity index (χ2n) is 2.72. The van der Waals surface area contributed by atoms with Gasteiger partial charge < -0.3 is 4.79 Å². The summed E-state index contributed by atoms with van der Waals surface area (Å²) in [5, 5.41) is 0. The van der Waals surface area contributed by atoms with Gasteiger partial charge in [0.1, 0.15) is 12.1 Å². The number of carbonyl (C=O) groups excluding carboxylic acids is 2. The van der Waals surface area contributed by atoms with Gasteiger partial charge in [-0.1, -0.05) is 26.2 Å². The van der Waals surface area contributed by atoms with Gasteiger partial charge in [-0.15, -0.1) is 12.4 Å². The molecule has 3 heteroatoms. The fourth-order valence-electron chi connectivity index (χ4n) is 0.944. The maximum Gasteiger partial charge on any atom is 0.139 e. The molecular formula is C9H17ClO2. The van der Waals surface area contributed by atoms with Crippen LogP contribution in [0.1, 0.15) is 45.4 Å². The van der Waals surface area contributed by atoms with Crippen molar-refractivity contribution in [2.45, 2.75) is 45.4 Å². The first-order valence-corrected chi connectivity index (χ1v) is 4.26. The Labute approximate surface area is 80.1 Å². The molecule has 0 saturated carbocycles. The number of hydrogen-bond donors (Lipinski definition) is 0. The Morgan fingerprint density at radius 2 is 1.92 bits per heavy atom. The van der Waals surface area contributed by atoms with Crippen LogP contribution in [-0.4, -0.2) is 12.1 Å². The molecule has 0 aromatic rings. The number of aldehydes is 1. The average molecular weight is 193 g/mol. The van der Waals surface area contributed by atoms with Crippen molar-refractivity contribution in [3.8, 4) is 0 Å². The number of rotatable bonds is 7. The zero-order chi connectivity index (χ0) is 8.53. The highest BCUT2D eigenvalue weighted by atomic mass is 35.5. The highest BCUT2D eigenvalue weighted by Gasteiger charge is 1.98. The van der Waals surface area contributed by atoms with E-state index >= 15 is 0 Å². The van der Waals surface area contributed by atoms with E-state index in [-0.39, 0.29) is 24.6 Å². The lowest BCUT2D eigenvalue weighted by molar-refractivity contribution is -0.122. The number of hydrogen-bond acceptors (Lipinski definition) is 2. The van der Waals surface area contributed by atoms with E-state index in [1.54, 1.807) is 0 Å². The van der Waals surface area contributed by atoms with Crippen LogP contribution in [0.4, 0.5) is 0 Å². The normalized spacial score (nSPS) is 8.75. The van der Waals surface area contributed by atoms with Gasteiger partial charge in [-0.25, -0.2) is 0 Å². The van der Waals surface area contributed by atoms with E-state index in [0.29, 0.717) is 12.7 Å². The number of carbonyl (C=O) groups is 2. The standard InChI is InChI=1S/C9H16O2.ClH/c1-2-3-4-5-6-9(11)7-8-10;/h8H,2-7H2,1H3;1H. The van der Waals surface area contributed by atoms with Crippen LogP contribution >= 0.6 is 12.4 Å². The van der Waals surface area contributed by atoms with E-state index in [1.807, 2.05) is 0 Å². The van der Waals surface area contributed by atoms with Gasteiger partial charge >= 0.3 is 0 Å². The Bertz CT molecular complexity index is 124. The van der Waals surface area contributed by atoms with Crippen LogP contribution in [0.2, 0.25) is 0 Å². The Hall–Kier alpha value is -0.370. The molecule has 0 fully saturated rings. The van der Waals surface area contributed by atoms with Gasteiger partial charge in [0.25, 0.3) is 0 Å². The van der Waals surface area contributed by atoms with E-state index in [0.717, 1.165) is 12.8 Å². The highest BCUT2D eigenvalue weighted by Crippen LogP contribution is 2.03. The van der Waals surface area contributed by atoms with E-state index < -0.39 is 0 Å². The minimum Gasteiger partial charge on any atom is -0.303 e. The number of unbranched alkanes of at least 4 members (excludes halogenated alkanes) is 3. The summed E-state index contributed by atoms with van der Waals surface area (Å²) >= 11 is 0. The van der Waals surface area contributed by atoms with Crippen molar-refractivity contribution in [3.63, 3.8) is 0 Å². The maximum absolute atomic E-state index is 10.8. The van der Waals surface area contributed by atoms with E-state index in [1.165, 1.54) is 12.8 Å². The maximum atomic E-state index is 10.8. The Balaban J connectivity index is 0. The molecule has 0 spiro atoms. The SMILES string of the molecule is CCCCCCC(=O)CC=O.Cl. The summed E-state index contributed by atoms with van der Waals surface area (Å²) in [7, 11) is 0. The third-order valence-electron chi connectivity index (χ3n) is 1.62. The third-order valence-corrected chi connectivity index (χ3v) is 1.62. The summed E-state index contributed by atoms with van der Waals surface area (Å²) in [5.41, 5.74) is 0. The molecule has 0 rings (SSSR count). The summed E-state index contributed by atoms with van der Waals surface area (Å²) in [5.74, 6) is 0.0797. The highest BCUT2D eigenvalue weighted by molar-refractivity contribution is 5.89. The third kappa shape index (κ3) is 9.63. The summed E-state index contributed by atoms with van der Waals surface area (Å²) < 4.78 is 0. The molecule has 0 aliphatic heterocycles. The predicted octanol–water partition coefficient (Wildman–Crippen LogP) is 2.54. The zero-order valence-corrected chi connectivity index (χ0v) is 8.36. The van der Waals surface area contributed by atoms with Gasteiger partial charge in [0.05, 0.1) is 6.42 Å². The molecule has 0 heterocycles. The van der Waals surface area contributed by atoms with Crippen LogP contribution in [0.15, 0.2) is 0 Å². The smallest absolute Gasteiger partial charge is 0.139 e. The molecule has 0 amide bonds.